The van der Waals surface area contributed by atoms with Gasteiger partial charge in [0.15, 0.2) is 0 Å². The van der Waals surface area contributed by atoms with Crippen LogP contribution >= 0.6 is 0 Å². The third-order valence-corrected chi connectivity index (χ3v) is 4.55. The van der Waals surface area contributed by atoms with Crippen LogP contribution in [-0.4, -0.2) is 56.9 Å². The van der Waals surface area contributed by atoms with E-state index in [1.807, 2.05) is 6.08 Å². The normalized spacial score (nSPS) is 25.9. The third kappa shape index (κ3) is 9.48. The molecule has 5 atom stereocenters. The number of aliphatic hydroxyl groups is 3. The number of rotatable bonds is 13. The molecule has 1 saturated heterocycles. The van der Waals surface area contributed by atoms with E-state index >= 15 is 0 Å². The number of aliphatic hydroxyl groups excluding tert-OH is 3. The van der Waals surface area contributed by atoms with Gasteiger partial charge in [0, 0.05) is 12.8 Å². The van der Waals surface area contributed by atoms with Crippen molar-refractivity contribution >= 4 is 5.97 Å². The Kier molecular flexibility index (Phi) is 11.4. The number of aliphatic carboxylic acids is 1. The molecule has 1 aliphatic rings. The minimum atomic E-state index is -0.882. The lowest BCUT2D eigenvalue weighted by Crippen LogP contribution is -2.25. The second kappa shape index (κ2) is 13.0. The van der Waals surface area contributed by atoms with Gasteiger partial charge in [-0.1, -0.05) is 44.1 Å². The molecule has 1 rings (SSSR count). The number of allylic oxidation sites excluding steroid dienone is 1. The summed E-state index contributed by atoms with van der Waals surface area (Å²) in [5.74, 6) is -0.882. The highest BCUT2D eigenvalue weighted by molar-refractivity contribution is 5.66. The third-order valence-electron chi connectivity index (χ3n) is 4.55. The molecule has 0 amide bonds. The maximum absolute atomic E-state index is 10.5. The molecule has 0 unspecified atom stereocenters. The van der Waals surface area contributed by atoms with Crippen LogP contribution in [0.2, 0.25) is 0 Å². The number of hydrogen-bond donors (Lipinski definition) is 4. The molecule has 1 heterocycles. The van der Waals surface area contributed by atoms with Crippen LogP contribution in [0.1, 0.15) is 64.7 Å². The molecular weight excluding hydrogens is 336 g/mol. The second-order valence-corrected chi connectivity index (χ2v) is 6.95. The van der Waals surface area contributed by atoms with Crippen molar-refractivity contribution in [3.63, 3.8) is 0 Å². The Morgan fingerprint density at radius 1 is 1.23 bits per heavy atom. The van der Waals surface area contributed by atoms with Crippen LogP contribution in [-0.2, 0) is 9.53 Å². The Bertz CT molecular complexity index is 448. The fourth-order valence-electron chi connectivity index (χ4n) is 2.96. The number of ether oxygens (including phenoxy) is 1. The number of carboxylic acids is 1. The Labute approximate surface area is 156 Å². The average molecular weight is 370 g/mol. The van der Waals surface area contributed by atoms with Crippen molar-refractivity contribution in [2.75, 3.05) is 0 Å². The van der Waals surface area contributed by atoms with Gasteiger partial charge in [-0.3, -0.25) is 4.79 Å². The summed E-state index contributed by atoms with van der Waals surface area (Å²) in [6.45, 7) is 2.16. The smallest absolute Gasteiger partial charge is 0.303 e. The molecule has 0 spiro atoms. The fourth-order valence-corrected chi connectivity index (χ4v) is 2.96. The standard InChI is InChI=1S/C20H34O6/c1-2-3-4-5-6-7-10-16(22)19-14-17(23)18(26-19)13-12-15(21)9-8-11-20(24)25/h6-7,12-13,15-19,21-23H,2-5,8-11,14H2,1H3,(H,24,25)/b7-6-,13-12+/t15-,16-,17-,18+,19-/m1/s1. The van der Waals surface area contributed by atoms with Gasteiger partial charge >= 0.3 is 5.97 Å². The molecule has 26 heavy (non-hydrogen) atoms. The van der Waals surface area contributed by atoms with Gasteiger partial charge < -0.3 is 25.2 Å². The molecule has 1 aliphatic heterocycles. The van der Waals surface area contributed by atoms with Crippen LogP contribution in [0.25, 0.3) is 0 Å². The molecule has 1 fully saturated rings. The minimum Gasteiger partial charge on any atom is -0.481 e. The minimum absolute atomic E-state index is 0.0215. The van der Waals surface area contributed by atoms with Gasteiger partial charge in [0.1, 0.15) is 6.10 Å². The Morgan fingerprint density at radius 3 is 2.69 bits per heavy atom. The van der Waals surface area contributed by atoms with Crippen molar-refractivity contribution in [2.45, 2.75) is 95.2 Å². The van der Waals surface area contributed by atoms with Crippen LogP contribution in [0.5, 0.6) is 0 Å². The molecule has 4 N–H and O–H groups in total. The van der Waals surface area contributed by atoms with E-state index in [4.69, 9.17) is 9.84 Å². The van der Waals surface area contributed by atoms with Gasteiger partial charge in [-0.15, -0.1) is 0 Å². The van der Waals surface area contributed by atoms with Crippen LogP contribution in [0.3, 0.4) is 0 Å². The zero-order valence-electron chi connectivity index (χ0n) is 15.7. The molecule has 0 aromatic carbocycles. The summed E-state index contributed by atoms with van der Waals surface area (Å²) in [5.41, 5.74) is 0. The summed E-state index contributed by atoms with van der Waals surface area (Å²) in [6.07, 6.45) is 10.2. The molecule has 0 saturated carbocycles. The first-order valence-electron chi connectivity index (χ1n) is 9.68. The van der Waals surface area contributed by atoms with E-state index in [-0.39, 0.29) is 6.42 Å². The zero-order chi connectivity index (χ0) is 19.4. The monoisotopic (exact) mass is 370 g/mol. The Morgan fingerprint density at radius 2 is 2.00 bits per heavy atom. The fraction of sp³-hybridized carbons (Fsp3) is 0.750. The SMILES string of the molecule is CCCCC/C=C\C[C@@H](O)[C@H]1C[C@@H](O)[C@H](/C=C/[C@H](O)CCCC(=O)O)O1. The topological polar surface area (TPSA) is 107 Å². The van der Waals surface area contributed by atoms with Gasteiger partial charge in [-0.05, 0) is 32.1 Å². The highest BCUT2D eigenvalue weighted by Gasteiger charge is 2.35. The van der Waals surface area contributed by atoms with Crippen LogP contribution in [0, 0.1) is 0 Å². The van der Waals surface area contributed by atoms with E-state index in [0.29, 0.717) is 25.7 Å². The van der Waals surface area contributed by atoms with Gasteiger partial charge in [0.25, 0.3) is 0 Å². The lowest BCUT2D eigenvalue weighted by Gasteiger charge is -2.16. The predicted octanol–water partition coefficient (Wildman–Crippen LogP) is 2.56. The summed E-state index contributed by atoms with van der Waals surface area (Å²) in [5, 5.41) is 38.7. The van der Waals surface area contributed by atoms with Gasteiger partial charge in [-0.25, -0.2) is 0 Å². The number of unbranched alkanes of at least 4 members (excludes halogenated alkanes) is 3. The molecule has 0 radical (unpaired) electrons. The number of carbonyl (C=O) groups is 1. The van der Waals surface area contributed by atoms with Crippen molar-refractivity contribution < 1.29 is 30.0 Å². The van der Waals surface area contributed by atoms with E-state index in [2.05, 4.69) is 13.0 Å². The molecule has 0 bridgehead atoms. The van der Waals surface area contributed by atoms with Crippen molar-refractivity contribution in [3.05, 3.63) is 24.3 Å². The van der Waals surface area contributed by atoms with E-state index in [0.717, 1.165) is 12.8 Å². The first-order valence-corrected chi connectivity index (χ1v) is 9.68. The second-order valence-electron chi connectivity index (χ2n) is 6.95. The van der Waals surface area contributed by atoms with Crippen LogP contribution < -0.4 is 0 Å². The van der Waals surface area contributed by atoms with Crippen molar-refractivity contribution in [1.29, 1.82) is 0 Å². The number of hydrogen-bond acceptors (Lipinski definition) is 5. The first-order chi connectivity index (χ1) is 12.4. The summed E-state index contributed by atoms with van der Waals surface area (Å²) in [6, 6.07) is 0. The summed E-state index contributed by atoms with van der Waals surface area (Å²) in [7, 11) is 0. The van der Waals surface area contributed by atoms with Gasteiger partial charge in [-0.2, -0.15) is 0 Å². The lowest BCUT2D eigenvalue weighted by atomic mass is 10.0. The Balaban J connectivity index is 2.32. The Hall–Kier alpha value is -1.21. The van der Waals surface area contributed by atoms with E-state index in [1.165, 1.54) is 18.9 Å². The zero-order valence-corrected chi connectivity index (χ0v) is 15.7. The van der Waals surface area contributed by atoms with Crippen LogP contribution in [0.15, 0.2) is 24.3 Å². The largest absolute Gasteiger partial charge is 0.481 e. The predicted molar refractivity (Wildman–Crippen MR) is 99.8 cm³/mol. The lowest BCUT2D eigenvalue weighted by molar-refractivity contribution is -0.137. The van der Waals surface area contributed by atoms with E-state index in [1.54, 1.807) is 6.08 Å². The average Bonchev–Trinajstić information content (AvgIpc) is 2.96. The van der Waals surface area contributed by atoms with Crippen LogP contribution in [0.4, 0.5) is 0 Å². The van der Waals surface area contributed by atoms with E-state index < -0.39 is 36.5 Å². The highest BCUT2D eigenvalue weighted by Crippen LogP contribution is 2.25. The maximum Gasteiger partial charge on any atom is 0.303 e. The molecular formula is C20H34O6. The molecule has 150 valence electrons. The maximum atomic E-state index is 10.5. The molecule has 0 aromatic rings. The first kappa shape index (κ1) is 22.8. The molecule has 6 heteroatoms. The summed E-state index contributed by atoms with van der Waals surface area (Å²) >= 11 is 0. The summed E-state index contributed by atoms with van der Waals surface area (Å²) < 4.78 is 5.70. The van der Waals surface area contributed by atoms with Gasteiger partial charge in [0.2, 0.25) is 0 Å². The quantitative estimate of drug-likeness (QED) is 0.293. The molecule has 6 nitrogen and oxygen atoms in total. The van der Waals surface area contributed by atoms with Crippen molar-refractivity contribution in [2.24, 2.45) is 0 Å². The molecule has 0 aromatic heterocycles. The molecule has 0 aliphatic carbocycles. The van der Waals surface area contributed by atoms with Gasteiger partial charge in [0.05, 0.1) is 24.4 Å². The van der Waals surface area contributed by atoms with Crippen molar-refractivity contribution in [3.8, 4) is 0 Å². The van der Waals surface area contributed by atoms with E-state index in [9.17, 15) is 20.1 Å². The summed E-state index contributed by atoms with van der Waals surface area (Å²) in [4.78, 5) is 10.5. The highest BCUT2D eigenvalue weighted by atomic mass is 16.5. The van der Waals surface area contributed by atoms with Crippen molar-refractivity contribution in [1.82, 2.24) is 0 Å². The number of carboxylic acid groups (broad SMARTS) is 1.